The summed E-state index contributed by atoms with van der Waals surface area (Å²) in [5.41, 5.74) is 15.9. The zero-order valence-corrected chi connectivity index (χ0v) is 17.0. The topological polar surface area (TPSA) is 265 Å². The molecule has 0 aliphatic carbocycles. The van der Waals surface area contributed by atoms with Crippen molar-refractivity contribution in [1.29, 1.82) is 0 Å². The summed E-state index contributed by atoms with van der Waals surface area (Å²) in [6, 6.07) is -3.91. The van der Waals surface area contributed by atoms with Gasteiger partial charge in [0.05, 0.1) is 25.3 Å². The van der Waals surface area contributed by atoms with Gasteiger partial charge in [0.25, 0.3) is 0 Å². The van der Waals surface area contributed by atoms with Crippen molar-refractivity contribution < 1.29 is 33.9 Å². The maximum Gasteiger partial charge on any atom is 0.326 e. The van der Waals surface area contributed by atoms with Crippen LogP contribution in [0.25, 0.3) is 0 Å². The molecule has 15 nitrogen and oxygen atoms in total. The third-order valence-corrected chi connectivity index (χ3v) is 4.11. The van der Waals surface area contributed by atoms with Gasteiger partial charge in [0.2, 0.25) is 29.5 Å². The van der Waals surface area contributed by atoms with E-state index in [1.807, 2.05) is 0 Å². The minimum atomic E-state index is -1.34. The molecule has 1 heterocycles. The largest absolute Gasteiger partial charge is 0.480 e. The molecule has 15 heteroatoms. The molecule has 0 spiro atoms. The highest BCUT2D eigenvalue weighted by Gasteiger charge is 2.27. The van der Waals surface area contributed by atoms with Crippen LogP contribution in [0.2, 0.25) is 0 Å². The van der Waals surface area contributed by atoms with Crippen LogP contribution in [-0.2, 0) is 35.2 Å². The number of aromatic nitrogens is 2. The highest BCUT2D eigenvalue weighted by Crippen LogP contribution is 2.03. The van der Waals surface area contributed by atoms with Gasteiger partial charge in [-0.1, -0.05) is 0 Å². The molecule has 1 aromatic heterocycles. The number of hydrogen-bond acceptors (Lipinski definition) is 8. The van der Waals surface area contributed by atoms with Crippen molar-refractivity contribution in [2.24, 2.45) is 17.2 Å². The van der Waals surface area contributed by atoms with Crippen molar-refractivity contribution in [2.75, 3.05) is 6.54 Å². The van der Waals surface area contributed by atoms with Crippen LogP contribution < -0.4 is 33.2 Å². The lowest BCUT2D eigenvalue weighted by Crippen LogP contribution is -2.54. The number of nitrogens with zero attached hydrogens (tertiary/aromatic N) is 1. The van der Waals surface area contributed by atoms with Crippen molar-refractivity contribution in [3.05, 3.63) is 18.2 Å². The van der Waals surface area contributed by atoms with Gasteiger partial charge in [0.1, 0.15) is 12.1 Å². The Morgan fingerprint density at radius 3 is 2.25 bits per heavy atom. The first-order chi connectivity index (χ1) is 15.0. The Hall–Kier alpha value is -4.01. The highest BCUT2D eigenvalue weighted by molar-refractivity contribution is 5.93. The lowest BCUT2D eigenvalue weighted by atomic mass is 10.1. The molecule has 3 unspecified atom stereocenters. The summed E-state index contributed by atoms with van der Waals surface area (Å²) in [6.45, 7) is -0.595. The van der Waals surface area contributed by atoms with Crippen LogP contribution in [0.3, 0.4) is 0 Å². The molecule has 0 aromatic carbocycles. The summed E-state index contributed by atoms with van der Waals surface area (Å²) in [6.07, 6.45) is 1.72. The summed E-state index contributed by atoms with van der Waals surface area (Å²) >= 11 is 0. The second kappa shape index (κ2) is 12.6. The van der Waals surface area contributed by atoms with Gasteiger partial charge in [-0.2, -0.15) is 0 Å². The zero-order chi connectivity index (χ0) is 24.3. The van der Waals surface area contributed by atoms with E-state index >= 15 is 0 Å². The molecule has 5 amide bonds. The number of amides is 5. The fourth-order valence-corrected chi connectivity index (χ4v) is 2.50. The molecule has 0 aliphatic heterocycles. The van der Waals surface area contributed by atoms with Crippen LogP contribution in [0.1, 0.15) is 25.0 Å². The number of aromatic amines is 1. The van der Waals surface area contributed by atoms with E-state index in [0.717, 1.165) is 0 Å². The molecule has 3 atom stereocenters. The van der Waals surface area contributed by atoms with Crippen LogP contribution >= 0.6 is 0 Å². The molecular formula is C17H26N8O7. The number of carbonyl (C=O) groups is 6. The van der Waals surface area contributed by atoms with E-state index in [1.165, 1.54) is 12.5 Å². The smallest absolute Gasteiger partial charge is 0.326 e. The fraction of sp³-hybridized carbons (Fsp3) is 0.471. The number of aliphatic carboxylic acids is 1. The van der Waals surface area contributed by atoms with Crippen molar-refractivity contribution in [1.82, 2.24) is 25.9 Å². The predicted molar refractivity (Wildman–Crippen MR) is 107 cm³/mol. The quantitative estimate of drug-likeness (QED) is 0.135. The molecule has 11 N–H and O–H groups in total. The number of carboxylic acids is 1. The molecular weight excluding hydrogens is 428 g/mol. The molecule has 0 radical (unpaired) electrons. The Morgan fingerprint density at radius 2 is 1.72 bits per heavy atom. The van der Waals surface area contributed by atoms with Gasteiger partial charge in [-0.15, -0.1) is 0 Å². The predicted octanol–water partition coefficient (Wildman–Crippen LogP) is -4.41. The van der Waals surface area contributed by atoms with E-state index in [2.05, 4.69) is 25.9 Å². The summed E-state index contributed by atoms with van der Waals surface area (Å²) < 4.78 is 0. The fourth-order valence-electron chi connectivity index (χ4n) is 2.50. The molecule has 0 bridgehead atoms. The van der Waals surface area contributed by atoms with Gasteiger partial charge < -0.3 is 43.2 Å². The van der Waals surface area contributed by atoms with Gasteiger partial charge in [0, 0.05) is 24.7 Å². The van der Waals surface area contributed by atoms with Crippen molar-refractivity contribution in [3.63, 3.8) is 0 Å². The number of nitrogens with one attached hydrogen (secondary N) is 4. The third kappa shape index (κ3) is 9.66. The van der Waals surface area contributed by atoms with Gasteiger partial charge in [-0.25, -0.2) is 9.78 Å². The van der Waals surface area contributed by atoms with Gasteiger partial charge in [0.15, 0.2) is 0 Å². The first-order valence-corrected chi connectivity index (χ1v) is 9.39. The average Bonchev–Trinajstić information content (AvgIpc) is 3.20. The van der Waals surface area contributed by atoms with E-state index in [4.69, 9.17) is 17.2 Å². The van der Waals surface area contributed by atoms with Crippen LogP contribution in [-0.4, -0.2) is 75.2 Å². The molecule has 0 saturated carbocycles. The summed E-state index contributed by atoms with van der Waals surface area (Å²) in [5.74, 6) is -5.39. The van der Waals surface area contributed by atoms with Crippen LogP contribution in [0.5, 0.6) is 0 Å². The van der Waals surface area contributed by atoms with E-state index in [0.29, 0.717) is 5.69 Å². The van der Waals surface area contributed by atoms with Crippen molar-refractivity contribution in [3.8, 4) is 0 Å². The monoisotopic (exact) mass is 454 g/mol. The molecule has 0 aliphatic rings. The lowest BCUT2D eigenvalue weighted by Gasteiger charge is -2.21. The highest BCUT2D eigenvalue weighted by atomic mass is 16.4. The summed E-state index contributed by atoms with van der Waals surface area (Å²) in [4.78, 5) is 76.3. The molecule has 1 aromatic rings. The zero-order valence-electron chi connectivity index (χ0n) is 17.0. The standard InChI is InChI=1S/C17H26N8O7/c18-9(4-13(20)27)15(29)22-6-14(28)24-10(1-2-12(19)26)16(30)25-11(17(31)32)3-8-5-21-7-23-8/h5,7,9-11H,1-4,6,18H2,(H2,19,26)(H2,20,27)(H,21,23)(H,22,29)(H,24,28)(H,25,30)(H,31,32). The Balaban J connectivity index is 2.74. The first kappa shape index (κ1) is 26.0. The molecule has 0 saturated heterocycles. The van der Waals surface area contributed by atoms with Crippen molar-refractivity contribution in [2.45, 2.75) is 43.8 Å². The Kier molecular flexibility index (Phi) is 10.3. The minimum Gasteiger partial charge on any atom is -0.480 e. The number of H-pyrrole nitrogens is 1. The first-order valence-electron chi connectivity index (χ1n) is 9.39. The number of imidazole rings is 1. The maximum absolute atomic E-state index is 12.6. The van der Waals surface area contributed by atoms with Gasteiger partial charge >= 0.3 is 5.97 Å². The third-order valence-electron chi connectivity index (χ3n) is 4.11. The number of primary amides is 2. The van der Waals surface area contributed by atoms with E-state index < -0.39 is 66.6 Å². The van der Waals surface area contributed by atoms with E-state index in [-0.39, 0.29) is 19.3 Å². The Morgan fingerprint density at radius 1 is 1.03 bits per heavy atom. The van der Waals surface area contributed by atoms with Crippen LogP contribution in [0, 0.1) is 0 Å². The molecule has 176 valence electrons. The summed E-state index contributed by atoms with van der Waals surface area (Å²) in [7, 11) is 0. The number of carboxylic acid groups (broad SMARTS) is 1. The number of rotatable bonds is 14. The van der Waals surface area contributed by atoms with E-state index in [9.17, 15) is 33.9 Å². The molecule has 0 fully saturated rings. The second-order valence-corrected chi connectivity index (χ2v) is 6.80. The maximum atomic E-state index is 12.6. The summed E-state index contributed by atoms with van der Waals surface area (Å²) in [5, 5.41) is 16.1. The van der Waals surface area contributed by atoms with Gasteiger partial charge in [-0.3, -0.25) is 24.0 Å². The minimum absolute atomic E-state index is 0.106. The number of hydrogen-bond donors (Lipinski definition) is 8. The Bertz CT molecular complexity index is 842. The van der Waals surface area contributed by atoms with Crippen molar-refractivity contribution >= 4 is 35.5 Å². The molecule has 1 rings (SSSR count). The SMILES string of the molecule is NC(=O)CCC(NC(=O)CNC(=O)C(N)CC(N)=O)C(=O)NC(Cc1cnc[nH]1)C(=O)O. The van der Waals surface area contributed by atoms with E-state index in [1.54, 1.807) is 0 Å². The van der Waals surface area contributed by atoms with Crippen LogP contribution in [0.4, 0.5) is 0 Å². The Labute approximate surface area is 181 Å². The number of carbonyl (C=O) groups excluding carboxylic acids is 5. The normalized spacial score (nSPS) is 13.3. The number of nitrogens with two attached hydrogens (primary N) is 3. The molecule has 32 heavy (non-hydrogen) atoms. The lowest BCUT2D eigenvalue weighted by molar-refractivity contribution is -0.142. The second-order valence-electron chi connectivity index (χ2n) is 6.80. The average molecular weight is 454 g/mol. The van der Waals surface area contributed by atoms with Crippen LogP contribution in [0.15, 0.2) is 12.5 Å². The van der Waals surface area contributed by atoms with Gasteiger partial charge in [-0.05, 0) is 6.42 Å².